The van der Waals surface area contributed by atoms with Crippen LogP contribution >= 0.6 is 11.3 Å². The molecule has 19 heavy (non-hydrogen) atoms. The molecule has 0 bridgehead atoms. The van der Waals surface area contributed by atoms with Gasteiger partial charge in [0, 0.05) is 20.1 Å². The maximum Gasteiger partial charge on any atom is 0.261 e. The molecule has 1 aliphatic rings. The summed E-state index contributed by atoms with van der Waals surface area (Å²) in [4.78, 5) is 11.9. The fourth-order valence-electron chi connectivity index (χ4n) is 2.11. The van der Waals surface area contributed by atoms with Crippen molar-refractivity contribution in [2.75, 3.05) is 20.1 Å². The number of nitrogens with zero attached hydrogens (tertiary/aromatic N) is 1. The van der Waals surface area contributed by atoms with Crippen molar-refractivity contribution < 1.29 is 13.2 Å². The normalized spacial score (nSPS) is 17.9. The maximum atomic E-state index is 12.5. The van der Waals surface area contributed by atoms with Crippen molar-refractivity contribution in [3.8, 4) is 0 Å². The topological polar surface area (TPSA) is 66.5 Å². The third-order valence-corrected chi connectivity index (χ3v) is 6.64. The van der Waals surface area contributed by atoms with E-state index in [-0.39, 0.29) is 10.1 Å². The van der Waals surface area contributed by atoms with Crippen LogP contribution in [0.25, 0.3) is 0 Å². The van der Waals surface area contributed by atoms with Gasteiger partial charge in [0.1, 0.15) is 4.21 Å². The fourth-order valence-corrected chi connectivity index (χ4v) is 5.04. The second-order valence-corrected chi connectivity index (χ2v) is 7.76. The number of hydrogen-bond donors (Lipinski definition) is 1. The van der Waals surface area contributed by atoms with Gasteiger partial charge in [0.25, 0.3) is 15.9 Å². The first-order chi connectivity index (χ1) is 9.05. The van der Waals surface area contributed by atoms with Crippen LogP contribution in [-0.4, -0.2) is 38.8 Å². The van der Waals surface area contributed by atoms with E-state index in [0.717, 1.165) is 37.0 Å². The molecule has 0 spiro atoms. The highest BCUT2D eigenvalue weighted by atomic mass is 32.2. The number of sulfonamides is 1. The van der Waals surface area contributed by atoms with Crippen LogP contribution in [0.5, 0.6) is 0 Å². The van der Waals surface area contributed by atoms with Gasteiger partial charge in [-0.15, -0.1) is 11.3 Å². The summed E-state index contributed by atoms with van der Waals surface area (Å²) in [6.07, 6.45) is 3.99. The Labute approximate surface area is 117 Å². The number of carbonyl (C=O) groups is 1. The number of hydrogen-bond acceptors (Lipinski definition) is 4. The highest BCUT2D eigenvalue weighted by molar-refractivity contribution is 7.91. The van der Waals surface area contributed by atoms with Crippen molar-refractivity contribution in [2.45, 2.75) is 29.9 Å². The lowest BCUT2D eigenvalue weighted by Crippen LogP contribution is -2.31. The van der Waals surface area contributed by atoms with Crippen molar-refractivity contribution in [1.29, 1.82) is 0 Å². The highest BCUT2D eigenvalue weighted by Gasteiger charge is 2.27. The van der Waals surface area contributed by atoms with Crippen LogP contribution < -0.4 is 5.32 Å². The zero-order chi connectivity index (χ0) is 13.9. The van der Waals surface area contributed by atoms with Crippen LogP contribution in [0.2, 0.25) is 0 Å². The highest BCUT2D eigenvalue weighted by Crippen LogP contribution is 2.26. The second kappa shape index (κ2) is 6.02. The number of thiophene rings is 1. The summed E-state index contributed by atoms with van der Waals surface area (Å²) in [5.41, 5.74) is 0. The minimum absolute atomic E-state index is 0.248. The van der Waals surface area contributed by atoms with E-state index in [1.54, 1.807) is 10.4 Å². The van der Waals surface area contributed by atoms with Gasteiger partial charge in [0.05, 0.1) is 4.88 Å². The van der Waals surface area contributed by atoms with Crippen LogP contribution in [0.4, 0.5) is 0 Å². The molecule has 1 N–H and O–H groups in total. The molecule has 0 unspecified atom stereocenters. The first kappa shape index (κ1) is 14.5. The minimum Gasteiger partial charge on any atom is -0.354 e. The Morgan fingerprint density at radius 2 is 1.84 bits per heavy atom. The molecule has 0 radical (unpaired) electrons. The summed E-state index contributed by atoms with van der Waals surface area (Å²) in [5.74, 6) is -0.248. The Hall–Kier alpha value is -0.920. The molecule has 1 amide bonds. The Morgan fingerprint density at radius 3 is 2.42 bits per heavy atom. The number of rotatable bonds is 3. The maximum absolute atomic E-state index is 12.5. The van der Waals surface area contributed by atoms with Crippen LogP contribution in [0.1, 0.15) is 35.4 Å². The average Bonchev–Trinajstić information content (AvgIpc) is 2.74. The van der Waals surface area contributed by atoms with Gasteiger partial charge in [0.2, 0.25) is 0 Å². The monoisotopic (exact) mass is 302 g/mol. The zero-order valence-electron chi connectivity index (χ0n) is 10.9. The summed E-state index contributed by atoms with van der Waals surface area (Å²) < 4.78 is 26.7. The van der Waals surface area contributed by atoms with Crippen molar-refractivity contribution >= 4 is 27.3 Å². The summed E-state index contributed by atoms with van der Waals surface area (Å²) in [6.45, 7) is 1.16. The SMILES string of the molecule is CNC(=O)c1ccc(S(=O)(=O)N2CCCCCC2)s1. The predicted octanol–water partition coefficient (Wildman–Crippen LogP) is 1.67. The molecule has 0 aliphatic carbocycles. The standard InChI is InChI=1S/C12H18N2O3S2/c1-13-12(15)10-6-7-11(18-10)19(16,17)14-8-4-2-3-5-9-14/h6-7H,2-5,8-9H2,1H3,(H,13,15). The Bertz CT molecular complexity index is 543. The summed E-state index contributed by atoms with van der Waals surface area (Å²) in [5, 5.41) is 2.50. The summed E-state index contributed by atoms with van der Waals surface area (Å²) in [7, 11) is -1.90. The van der Waals surface area contributed by atoms with Crippen LogP contribution in [0, 0.1) is 0 Å². The molecule has 1 aromatic heterocycles. The predicted molar refractivity (Wildman–Crippen MR) is 74.9 cm³/mol. The third-order valence-electron chi connectivity index (χ3n) is 3.19. The minimum atomic E-state index is -3.43. The van der Waals surface area contributed by atoms with E-state index in [9.17, 15) is 13.2 Å². The van der Waals surface area contributed by atoms with Gasteiger partial charge >= 0.3 is 0 Å². The van der Waals surface area contributed by atoms with E-state index in [1.165, 1.54) is 13.1 Å². The smallest absolute Gasteiger partial charge is 0.261 e. The van der Waals surface area contributed by atoms with Crippen molar-refractivity contribution in [1.82, 2.24) is 9.62 Å². The first-order valence-corrected chi connectivity index (χ1v) is 8.63. The third kappa shape index (κ3) is 3.16. The van der Waals surface area contributed by atoms with E-state index in [4.69, 9.17) is 0 Å². The molecule has 1 saturated heterocycles. The lowest BCUT2D eigenvalue weighted by Gasteiger charge is -2.18. The van der Waals surface area contributed by atoms with Gasteiger partial charge in [-0.25, -0.2) is 8.42 Å². The van der Waals surface area contributed by atoms with Gasteiger partial charge in [-0.2, -0.15) is 4.31 Å². The molecule has 0 saturated carbocycles. The van der Waals surface area contributed by atoms with E-state index < -0.39 is 10.0 Å². The number of nitrogens with one attached hydrogen (secondary N) is 1. The van der Waals surface area contributed by atoms with Crippen LogP contribution in [0.3, 0.4) is 0 Å². The van der Waals surface area contributed by atoms with E-state index in [1.807, 2.05) is 0 Å². The van der Waals surface area contributed by atoms with Gasteiger partial charge in [-0.1, -0.05) is 12.8 Å². The van der Waals surface area contributed by atoms with Gasteiger partial charge < -0.3 is 5.32 Å². The largest absolute Gasteiger partial charge is 0.354 e. The van der Waals surface area contributed by atoms with Crippen molar-refractivity contribution in [3.63, 3.8) is 0 Å². The Morgan fingerprint density at radius 1 is 1.21 bits per heavy atom. The summed E-state index contributed by atoms with van der Waals surface area (Å²) in [6, 6.07) is 3.09. The molecule has 106 valence electrons. The Kier molecular flexibility index (Phi) is 4.59. The molecule has 5 nitrogen and oxygen atoms in total. The lowest BCUT2D eigenvalue weighted by molar-refractivity contribution is 0.0967. The average molecular weight is 302 g/mol. The van der Waals surface area contributed by atoms with Crippen molar-refractivity contribution in [2.24, 2.45) is 0 Å². The molecule has 0 atom stereocenters. The fraction of sp³-hybridized carbons (Fsp3) is 0.583. The molecule has 1 aromatic rings. The second-order valence-electron chi connectivity index (χ2n) is 4.52. The van der Waals surface area contributed by atoms with Gasteiger partial charge in [-0.3, -0.25) is 4.79 Å². The number of carbonyl (C=O) groups excluding carboxylic acids is 1. The Balaban J connectivity index is 2.23. The molecule has 7 heteroatoms. The molecular weight excluding hydrogens is 284 g/mol. The first-order valence-electron chi connectivity index (χ1n) is 6.38. The molecule has 0 aromatic carbocycles. The molecule has 2 heterocycles. The molecule has 1 aliphatic heterocycles. The summed E-state index contributed by atoms with van der Waals surface area (Å²) >= 11 is 1.03. The molecule has 2 rings (SSSR count). The van der Waals surface area contributed by atoms with Gasteiger partial charge in [0.15, 0.2) is 0 Å². The lowest BCUT2D eigenvalue weighted by atomic mass is 10.2. The van der Waals surface area contributed by atoms with E-state index >= 15 is 0 Å². The quantitative estimate of drug-likeness (QED) is 0.923. The van der Waals surface area contributed by atoms with Crippen LogP contribution in [-0.2, 0) is 10.0 Å². The van der Waals surface area contributed by atoms with E-state index in [2.05, 4.69) is 5.32 Å². The van der Waals surface area contributed by atoms with Crippen LogP contribution in [0.15, 0.2) is 16.3 Å². The molecular formula is C12H18N2O3S2. The zero-order valence-corrected chi connectivity index (χ0v) is 12.5. The molecule has 1 fully saturated rings. The van der Waals surface area contributed by atoms with Crippen molar-refractivity contribution in [3.05, 3.63) is 17.0 Å². The van der Waals surface area contributed by atoms with E-state index in [0.29, 0.717) is 18.0 Å². The van der Waals surface area contributed by atoms with Gasteiger partial charge in [-0.05, 0) is 25.0 Å². The number of amides is 1.